The molecule has 90 valence electrons. The first-order valence-electron chi connectivity index (χ1n) is 5.90. The Morgan fingerprint density at radius 2 is 1.75 bits per heavy atom. The van der Waals surface area contributed by atoms with Gasteiger partial charge < -0.3 is 5.11 Å². The average Bonchev–Trinajstić information content (AvgIpc) is 2.26. The van der Waals surface area contributed by atoms with Gasteiger partial charge in [0.15, 0.2) is 0 Å². The minimum absolute atomic E-state index is 0.333. The zero-order valence-electron chi connectivity index (χ0n) is 10.3. The molecule has 0 aliphatic carbocycles. The van der Waals surface area contributed by atoms with Gasteiger partial charge in [-0.1, -0.05) is 62.1 Å². The number of aliphatic carboxylic acids is 1. The molecule has 0 fully saturated rings. The highest BCUT2D eigenvalue weighted by atomic mass is 16.4. The van der Waals surface area contributed by atoms with Gasteiger partial charge in [0, 0.05) is 6.42 Å². The summed E-state index contributed by atoms with van der Waals surface area (Å²) >= 11 is 0. The third-order valence-corrected chi connectivity index (χ3v) is 2.18. The van der Waals surface area contributed by atoms with Gasteiger partial charge in [0.1, 0.15) is 0 Å². The van der Waals surface area contributed by atoms with Crippen LogP contribution in [0.4, 0.5) is 0 Å². The molecule has 0 aliphatic heterocycles. The lowest BCUT2D eigenvalue weighted by Gasteiger charge is -1.92. The van der Waals surface area contributed by atoms with Crippen LogP contribution >= 0.6 is 0 Å². The van der Waals surface area contributed by atoms with Crippen molar-refractivity contribution in [3.63, 3.8) is 0 Å². The number of unbranched alkanes of at least 4 members (excludes halogenated alkanes) is 3. The highest BCUT2D eigenvalue weighted by molar-refractivity contribution is 5.66. The van der Waals surface area contributed by atoms with E-state index in [-0.39, 0.29) is 0 Å². The van der Waals surface area contributed by atoms with Crippen LogP contribution in [0, 0.1) is 6.92 Å². The molecule has 0 heterocycles. The van der Waals surface area contributed by atoms with Crippen LogP contribution in [0.2, 0.25) is 0 Å². The Labute approximate surface area is 98.3 Å². The van der Waals surface area contributed by atoms with E-state index in [0.717, 1.165) is 19.3 Å². The van der Waals surface area contributed by atoms with E-state index in [0.29, 0.717) is 6.42 Å². The van der Waals surface area contributed by atoms with Crippen LogP contribution in [0.15, 0.2) is 30.3 Å². The normalized spacial score (nSPS) is 9.12. The van der Waals surface area contributed by atoms with E-state index >= 15 is 0 Å². The maximum atomic E-state index is 9.96. The first kappa shape index (κ1) is 14.7. The second-order valence-electron chi connectivity index (χ2n) is 3.86. The second kappa shape index (κ2) is 10.2. The number of aryl methyl sites for hydroxylation is 1. The summed E-state index contributed by atoms with van der Waals surface area (Å²) in [6.45, 7) is 4.20. The van der Waals surface area contributed by atoms with Crippen LogP contribution < -0.4 is 0 Å². The lowest BCUT2D eigenvalue weighted by Crippen LogP contribution is -1.92. The molecule has 0 bridgehead atoms. The van der Waals surface area contributed by atoms with Gasteiger partial charge >= 0.3 is 5.97 Å². The lowest BCUT2D eigenvalue weighted by atomic mass is 10.2. The predicted octanol–water partition coefficient (Wildman–Crippen LogP) is 4.04. The van der Waals surface area contributed by atoms with Gasteiger partial charge in [0.05, 0.1) is 0 Å². The molecule has 1 rings (SSSR count). The van der Waals surface area contributed by atoms with E-state index in [1.807, 2.05) is 18.2 Å². The van der Waals surface area contributed by atoms with E-state index in [1.54, 1.807) is 0 Å². The van der Waals surface area contributed by atoms with Crippen molar-refractivity contribution in [3.05, 3.63) is 35.9 Å². The smallest absolute Gasteiger partial charge is 0.303 e. The van der Waals surface area contributed by atoms with Crippen LogP contribution in [0.25, 0.3) is 0 Å². The summed E-state index contributed by atoms with van der Waals surface area (Å²) in [5.41, 5.74) is 1.32. The van der Waals surface area contributed by atoms with Crippen LogP contribution in [0.3, 0.4) is 0 Å². The van der Waals surface area contributed by atoms with Gasteiger partial charge in [-0.05, 0) is 13.3 Å². The molecular weight excluding hydrogens is 200 g/mol. The highest BCUT2D eigenvalue weighted by Gasteiger charge is 1.93. The molecule has 2 heteroatoms. The third kappa shape index (κ3) is 10.8. The molecule has 0 aliphatic rings. The van der Waals surface area contributed by atoms with Crippen molar-refractivity contribution in [2.24, 2.45) is 0 Å². The standard InChI is InChI=1S/C7H14O2.C7H8/c1-2-3-4-5-6-7(8)9;1-7-5-3-2-4-6-7/h2-6H2,1H3,(H,8,9);2-6H,1H3. The largest absolute Gasteiger partial charge is 0.481 e. The maximum Gasteiger partial charge on any atom is 0.303 e. The lowest BCUT2D eigenvalue weighted by molar-refractivity contribution is -0.137. The van der Waals surface area contributed by atoms with Gasteiger partial charge in [-0.25, -0.2) is 0 Å². The number of benzene rings is 1. The third-order valence-electron chi connectivity index (χ3n) is 2.18. The highest BCUT2D eigenvalue weighted by Crippen LogP contribution is 2.01. The number of rotatable bonds is 5. The molecular formula is C14H22O2. The molecule has 2 nitrogen and oxygen atoms in total. The number of hydrogen-bond acceptors (Lipinski definition) is 1. The summed E-state index contributed by atoms with van der Waals surface area (Å²) in [6, 6.07) is 10.3. The Balaban J connectivity index is 0.000000288. The van der Waals surface area contributed by atoms with Gasteiger partial charge in [-0.15, -0.1) is 0 Å². The Morgan fingerprint density at radius 1 is 1.12 bits per heavy atom. The Hall–Kier alpha value is -1.31. The second-order valence-corrected chi connectivity index (χ2v) is 3.86. The van der Waals surface area contributed by atoms with Crippen LogP contribution in [0.5, 0.6) is 0 Å². The van der Waals surface area contributed by atoms with E-state index < -0.39 is 5.97 Å². The molecule has 0 spiro atoms. The maximum absolute atomic E-state index is 9.96. The van der Waals surface area contributed by atoms with E-state index in [1.165, 1.54) is 12.0 Å². The van der Waals surface area contributed by atoms with Crippen molar-refractivity contribution in [1.29, 1.82) is 0 Å². The molecule has 0 radical (unpaired) electrons. The molecule has 0 amide bonds. The van der Waals surface area contributed by atoms with Crippen LogP contribution in [-0.4, -0.2) is 11.1 Å². The van der Waals surface area contributed by atoms with Gasteiger partial charge in [0.25, 0.3) is 0 Å². The Kier molecular flexibility index (Phi) is 9.38. The van der Waals surface area contributed by atoms with Crippen molar-refractivity contribution in [2.75, 3.05) is 0 Å². The first-order valence-corrected chi connectivity index (χ1v) is 5.90. The summed E-state index contributed by atoms with van der Waals surface area (Å²) in [7, 11) is 0. The van der Waals surface area contributed by atoms with E-state index in [9.17, 15) is 4.79 Å². The van der Waals surface area contributed by atoms with Crippen molar-refractivity contribution < 1.29 is 9.90 Å². The molecule has 1 N–H and O–H groups in total. The SMILES string of the molecule is CCCCCCC(=O)O.Cc1ccccc1. The Morgan fingerprint density at radius 3 is 2.12 bits per heavy atom. The first-order chi connectivity index (χ1) is 7.66. The molecule has 1 aromatic rings. The van der Waals surface area contributed by atoms with Crippen LogP contribution in [0.1, 0.15) is 44.6 Å². The molecule has 0 atom stereocenters. The zero-order valence-corrected chi connectivity index (χ0v) is 10.3. The van der Waals surface area contributed by atoms with E-state index in [2.05, 4.69) is 26.0 Å². The molecule has 0 saturated carbocycles. The number of carboxylic acids is 1. The van der Waals surface area contributed by atoms with Crippen LogP contribution in [-0.2, 0) is 4.79 Å². The fraction of sp³-hybridized carbons (Fsp3) is 0.500. The van der Waals surface area contributed by atoms with E-state index in [4.69, 9.17) is 5.11 Å². The fourth-order valence-corrected chi connectivity index (χ4v) is 1.24. The summed E-state index contributed by atoms with van der Waals surface area (Å²) in [5.74, 6) is -0.675. The fourth-order valence-electron chi connectivity index (χ4n) is 1.24. The van der Waals surface area contributed by atoms with Gasteiger partial charge in [0.2, 0.25) is 0 Å². The summed E-state index contributed by atoms with van der Waals surface area (Å²) < 4.78 is 0. The van der Waals surface area contributed by atoms with Gasteiger partial charge in [-0.2, -0.15) is 0 Å². The topological polar surface area (TPSA) is 37.3 Å². The number of hydrogen-bond donors (Lipinski definition) is 1. The predicted molar refractivity (Wildman–Crippen MR) is 67.6 cm³/mol. The monoisotopic (exact) mass is 222 g/mol. The molecule has 0 unspecified atom stereocenters. The summed E-state index contributed by atoms with van der Waals surface area (Å²) in [5, 5.41) is 8.21. The number of carboxylic acid groups (broad SMARTS) is 1. The molecule has 0 saturated heterocycles. The average molecular weight is 222 g/mol. The van der Waals surface area contributed by atoms with Crippen molar-refractivity contribution in [3.8, 4) is 0 Å². The molecule has 0 aromatic heterocycles. The minimum Gasteiger partial charge on any atom is -0.481 e. The van der Waals surface area contributed by atoms with Crippen molar-refractivity contribution in [1.82, 2.24) is 0 Å². The molecule has 16 heavy (non-hydrogen) atoms. The van der Waals surface area contributed by atoms with Crippen molar-refractivity contribution >= 4 is 5.97 Å². The van der Waals surface area contributed by atoms with Gasteiger partial charge in [-0.3, -0.25) is 4.79 Å². The zero-order chi connectivity index (χ0) is 12.2. The summed E-state index contributed by atoms with van der Waals surface area (Å²) in [6.07, 6.45) is 4.55. The minimum atomic E-state index is -0.675. The Bertz CT molecular complexity index is 267. The number of carbonyl (C=O) groups is 1. The van der Waals surface area contributed by atoms with Crippen molar-refractivity contribution in [2.45, 2.75) is 46.0 Å². The quantitative estimate of drug-likeness (QED) is 0.763. The summed E-state index contributed by atoms with van der Waals surface area (Å²) in [4.78, 5) is 9.96. The molecule has 1 aromatic carbocycles.